The van der Waals surface area contributed by atoms with Gasteiger partial charge in [-0.05, 0) is 0 Å². The van der Waals surface area contributed by atoms with Gasteiger partial charge in [-0.25, -0.2) is 22.0 Å². The summed E-state index contributed by atoms with van der Waals surface area (Å²) in [7, 11) is 0. The standard InChI is InChI=1S/C11H8F5N3O2/c12-5-6(13)8(15)10(9(16)7(5)14)19-11(21)3-1-18-4(20)2-17-3/h3,17H,1-2H2,(H,18,20)(H,19,21). The summed E-state index contributed by atoms with van der Waals surface area (Å²) in [4.78, 5) is 22.5. The number of amides is 2. The summed E-state index contributed by atoms with van der Waals surface area (Å²) in [5.74, 6) is -12.3. The van der Waals surface area contributed by atoms with Crippen LogP contribution in [0.15, 0.2) is 0 Å². The van der Waals surface area contributed by atoms with Crippen molar-refractivity contribution >= 4 is 17.5 Å². The molecule has 114 valence electrons. The monoisotopic (exact) mass is 309 g/mol. The molecule has 1 aliphatic rings. The van der Waals surface area contributed by atoms with Crippen LogP contribution in [0.2, 0.25) is 0 Å². The lowest BCUT2D eigenvalue weighted by molar-refractivity contribution is -0.124. The van der Waals surface area contributed by atoms with Gasteiger partial charge < -0.3 is 10.6 Å². The van der Waals surface area contributed by atoms with E-state index in [1.165, 1.54) is 0 Å². The highest BCUT2D eigenvalue weighted by Gasteiger charge is 2.30. The summed E-state index contributed by atoms with van der Waals surface area (Å²) in [5, 5.41) is 6.36. The van der Waals surface area contributed by atoms with Crippen molar-refractivity contribution in [3.05, 3.63) is 29.1 Å². The lowest BCUT2D eigenvalue weighted by Crippen LogP contribution is -2.56. The van der Waals surface area contributed by atoms with Gasteiger partial charge in [0.1, 0.15) is 11.7 Å². The van der Waals surface area contributed by atoms with Crippen molar-refractivity contribution in [2.75, 3.05) is 18.4 Å². The Hall–Kier alpha value is -2.23. The van der Waals surface area contributed by atoms with Crippen molar-refractivity contribution in [2.45, 2.75) is 6.04 Å². The quantitative estimate of drug-likeness (QED) is 0.421. The molecular weight excluding hydrogens is 301 g/mol. The summed E-state index contributed by atoms with van der Waals surface area (Å²) in [5.41, 5.74) is -1.44. The van der Waals surface area contributed by atoms with Gasteiger partial charge in [0.05, 0.1) is 6.54 Å². The zero-order valence-electron chi connectivity index (χ0n) is 10.2. The highest BCUT2D eigenvalue weighted by Crippen LogP contribution is 2.27. The smallest absolute Gasteiger partial charge is 0.243 e. The van der Waals surface area contributed by atoms with E-state index in [4.69, 9.17) is 0 Å². The molecule has 3 N–H and O–H groups in total. The second kappa shape index (κ2) is 5.64. The first-order valence-corrected chi connectivity index (χ1v) is 5.65. The van der Waals surface area contributed by atoms with Gasteiger partial charge in [0, 0.05) is 6.54 Å². The minimum absolute atomic E-state index is 0.180. The fourth-order valence-corrected chi connectivity index (χ4v) is 1.68. The summed E-state index contributed by atoms with van der Waals surface area (Å²) in [6.45, 7) is -0.394. The first kappa shape index (κ1) is 15.2. The fraction of sp³-hybridized carbons (Fsp3) is 0.273. The van der Waals surface area contributed by atoms with Gasteiger partial charge >= 0.3 is 0 Å². The fourth-order valence-electron chi connectivity index (χ4n) is 1.68. The number of halogens is 5. The number of nitrogens with one attached hydrogen (secondary N) is 3. The molecule has 2 amide bonds. The van der Waals surface area contributed by atoms with Crippen LogP contribution in [-0.2, 0) is 9.59 Å². The lowest BCUT2D eigenvalue weighted by Gasteiger charge is -2.23. The van der Waals surface area contributed by atoms with Gasteiger partial charge in [-0.15, -0.1) is 0 Å². The number of benzene rings is 1. The second-order valence-corrected chi connectivity index (χ2v) is 4.17. The summed E-state index contributed by atoms with van der Waals surface area (Å²) >= 11 is 0. The van der Waals surface area contributed by atoms with Crippen molar-refractivity contribution in [1.29, 1.82) is 0 Å². The maximum atomic E-state index is 13.4. The highest BCUT2D eigenvalue weighted by atomic mass is 19.2. The topological polar surface area (TPSA) is 70.2 Å². The van der Waals surface area contributed by atoms with Crippen LogP contribution in [0.5, 0.6) is 0 Å². The molecule has 2 rings (SSSR count). The number of carbonyl (C=O) groups is 2. The first-order chi connectivity index (χ1) is 9.82. The number of carbonyl (C=O) groups excluding carboxylic acids is 2. The first-order valence-electron chi connectivity index (χ1n) is 5.65. The molecule has 1 aromatic rings. The van der Waals surface area contributed by atoms with Gasteiger partial charge in [0.2, 0.25) is 17.6 Å². The van der Waals surface area contributed by atoms with E-state index in [1.54, 1.807) is 5.32 Å². The van der Waals surface area contributed by atoms with Gasteiger partial charge in [-0.3, -0.25) is 14.9 Å². The molecule has 1 saturated heterocycles. The molecule has 10 heteroatoms. The van der Waals surface area contributed by atoms with E-state index in [1.807, 2.05) is 0 Å². The highest BCUT2D eigenvalue weighted by molar-refractivity contribution is 5.96. The van der Waals surface area contributed by atoms with Crippen LogP contribution in [0, 0.1) is 29.1 Å². The van der Waals surface area contributed by atoms with Crippen LogP contribution in [-0.4, -0.2) is 30.9 Å². The van der Waals surface area contributed by atoms with Crippen molar-refractivity contribution in [3.63, 3.8) is 0 Å². The zero-order valence-corrected chi connectivity index (χ0v) is 10.2. The maximum absolute atomic E-state index is 13.4. The van der Waals surface area contributed by atoms with Crippen LogP contribution < -0.4 is 16.0 Å². The van der Waals surface area contributed by atoms with Crippen LogP contribution in [0.1, 0.15) is 0 Å². The predicted octanol–water partition coefficient (Wildman–Crippen LogP) is 0.409. The third kappa shape index (κ3) is 2.79. The molecule has 0 bridgehead atoms. The van der Waals surface area contributed by atoms with E-state index < -0.39 is 52.6 Å². The van der Waals surface area contributed by atoms with Crippen molar-refractivity contribution in [2.24, 2.45) is 0 Å². The number of rotatable bonds is 2. The number of hydrogen-bond donors (Lipinski definition) is 3. The van der Waals surface area contributed by atoms with Crippen LogP contribution in [0.3, 0.4) is 0 Å². The van der Waals surface area contributed by atoms with Gasteiger partial charge in [0.25, 0.3) is 0 Å². The normalized spacial score (nSPS) is 18.3. The zero-order chi connectivity index (χ0) is 15.7. The van der Waals surface area contributed by atoms with E-state index in [0.29, 0.717) is 0 Å². The molecule has 1 atom stereocenters. The maximum Gasteiger partial charge on any atom is 0.243 e. The molecule has 0 aliphatic carbocycles. The lowest BCUT2D eigenvalue weighted by atomic mass is 10.2. The molecule has 1 fully saturated rings. The van der Waals surface area contributed by atoms with Crippen LogP contribution in [0.4, 0.5) is 27.6 Å². The summed E-state index contributed by atoms with van der Waals surface area (Å²) in [6.07, 6.45) is 0. The molecule has 5 nitrogen and oxygen atoms in total. The molecule has 0 saturated carbocycles. The Balaban J connectivity index is 2.24. The Morgan fingerprint density at radius 3 is 2.00 bits per heavy atom. The average molecular weight is 309 g/mol. The summed E-state index contributed by atoms with van der Waals surface area (Å²) < 4.78 is 65.5. The van der Waals surface area contributed by atoms with Gasteiger partial charge in [-0.2, -0.15) is 0 Å². The molecule has 0 radical (unpaired) electrons. The number of anilines is 1. The predicted molar refractivity (Wildman–Crippen MR) is 59.7 cm³/mol. The molecular formula is C11H8F5N3O2. The molecule has 0 aromatic heterocycles. The van der Waals surface area contributed by atoms with E-state index in [2.05, 4.69) is 10.6 Å². The Morgan fingerprint density at radius 1 is 1.00 bits per heavy atom. The molecule has 0 spiro atoms. The molecule has 1 aromatic carbocycles. The van der Waals surface area contributed by atoms with Gasteiger partial charge in [0.15, 0.2) is 23.3 Å². The SMILES string of the molecule is O=C1CNC(C(=O)Nc2c(F)c(F)c(F)c(F)c2F)CN1. The van der Waals surface area contributed by atoms with Gasteiger partial charge in [-0.1, -0.05) is 0 Å². The molecule has 21 heavy (non-hydrogen) atoms. The minimum atomic E-state index is -2.31. The van der Waals surface area contributed by atoms with E-state index in [9.17, 15) is 31.5 Å². The average Bonchev–Trinajstić information content (AvgIpc) is 2.48. The third-order valence-electron chi connectivity index (χ3n) is 2.79. The van der Waals surface area contributed by atoms with E-state index in [-0.39, 0.29) is 13.1 Å². The van der Waals surface area contributed by atoms with E-state index in [0.717, 1.165) is 0 Å². The number of hydrogen-bond acceptors (Lipinski definition) is 3. The van der Waals surface area contributed by atoms with Crippen molar-refractivity contribution in [3.8, 4) is 0 Å². The van der Waals surface area contributed by atoms with Crippen molar-refractivity contribution in [1.82, 2.24) is 10.6 Å². The Morgan fingerprint density at radius 2 is 1.52 bits per heavy atom. The Labute approximate surface area is 114 Å². The number of piperazine rings is 1. The summed E-state index contributed by atoms with van der Waals surface area (Å²) in [6, 6.07) is -1.06. The third-order valence-corrected chi connectivity index (χ3v) is 2.79. The van der Waals surface area contributed by atoms with Crippen LogP contribution in [0.25, 0.3) is 0 Å². The Kier molecular flexibility index (Phi) is 4.07. The Bertz CT molecular complexity index is 583. The van der Waals surface area contributed by atoms with Crippen molar-refractivity contribution < 1.29 is 31.5 Å². The molecule has 1 unspecified atom stereocenters. The minimum Gasteiger partial charge on any atom is -0.353 e. The largest absolute Gasteiger partial charge is 0.353 e. The molecule has 1 aliphatic heterocycles. The van der Waals surface area contributed by atoms with E-state index >= 15 is 0 Å². The van der Waals surface area contributed by atoms with Crippen LogP contribution >= 0.6 is 0 Å². The molecule has 1 heterocycles. The second-order valence-electron chi connectivity index (χ2n) is 4.17.